The molecular formula is C16H27N3O. The molecule has 0 unspecified atom stereocenters. The summed E-state index contributed by atoms with van der Waals surface area (Å²) >= 11 is 0. The third kappa shape index (κ3) is 3.13. The average molecular weight is 277 g/mol. The molecule has 0 atom stereocenters. The van der Waals surface area contributed by atoms with Crippen molar-refractivity contribution in [1.82, 2.24) is 9.47 Å². The van der Waals surface area contributed by atoms with E-state index >= 15 is 0 Å². The Hall–Kier alpha value is -1.13. The largest absolute Gasteiger partial charge is 0.326 e. The van der Waals surface area contributed by atoms with Crippen molar-refractivity contribution in [2.75, 3.05) is 13.1 Å². The molecule has 2 N–H and O–H groups in total. The van der Waals surface area contributed by atoms with Gasteiger partial charge in [-0.05, 0) is 24.6 Å². The van der Waals surface area contributed by atoms with Crippen LogP contribution in [0, 0.1) is 0 Å². The molecule has 4 heteroatoms. The molecule has 2 rings (SSSR count). The zero-order chi connectivity index (χ0) is 14.5. The topological polar surface area (TPSA) is 51.3 Å². The lowest BCUT2D eigenvalue weighted by Gasteiger charge is -2.30. The van der Waals surface area contributed by atoms with Crippen LogP contribution in [0.4, 0.5) is 0 Å². The van der Waals surface area contributed by atoms with Gasteiger partial charge in [0.1, 0.15) is 0 Å². The summed E-state index contributed by atoms with van der Waals surface area (Å²) in [6, 6.07) is 2.04. The van der Waals surface area contributed by atoms with Gasteiger partial charge < -0.3 is 10.3 Å². The zero-order valence-electron chi connectivity index (χ0n) is 12.8. The molecule has 1 aliphatic rings. The van der Waals surface area contributed by atoms with E-state index in [9.17, 15) is 4.79 Å². The number of nitrogens with two attached hydrogens (primary N) is 1. The second kappa shape index (κ2) is 7.04. The van der Waals surface area contributed by atoms with E-state index in [1.54, 1.807) is 0 Å². The van der Waals surface area contributed by atoms with Crippen LogP contribution in [0.3, 0.4) is 0 Å². The molecule has 0 fully saturated rings. The van der Waals surface area contributed by atoms with Crippen LogP contribution >= 0.6 is 0 Å². The molecular weight excluding hydrogens is 250 g/mol. The monoisotopic (exact) mass is 277 g/mol. The maximum Gasteiger partial charge on any atom is 0.255 e. The fraction of sp³-hybridized carbons (Fsp3) is 0.688. The molecule has 1 aliphatic heterocycles. The number of rotatable bonds is 6. The molecule has 112 valence electrons. The predicted molar refractivity (Wildman–Crippen MR) is 82.8 cm³/mol. The third-order valence-corrected chi connectivity index (χ3v) is 4.28. The highest BCUT2D eigenvalue weighted by Crippen LogP contribution is 2.19. The highest BCUT2D eigenvalue weighted by molar-refractivity contribution is 5.29. The molecule has 0 saturated carbocycles. The van der Waals surface area contributed by atoms with Gasteiger partial charge in [0.25, 0.3) is 5.56 Å². The van der Waals surface area contributed by atoms with Crippen LogP contribution in [0.25, 0.3) is 0 Å². The maximum absolute atomic E-state index is 12.5. The minimum Gasteiger partial charge on any atom is -0.326 e. The van der Waals surface area contributed by atoms with Crippen molar-refractivity contribution >= 4 is 0 Å². The Balaban J connectivity index is 2.35. The van der Waals surface area contributed by atoms with Crippen LogP contribution in [-0.2, 0) is 26.1 Å². The average Bonchev–Trinajstić information content (AvgIpc) is 2.48. The molecule has 0 amide bonds. The van der Waals surface area contributed by atoms with E-state index in [0.29, 0.717) is 6.54 Å². The SMILES string of the molecule is CCCCCn1c2c(cc(CN)c1=O)CN(CC)CC2. The summed E-state index contributed by atoms with van der Waals surface area (Å²) in [5.41, 5.74) is 9.19. The van der Waals surface area contributed by atoms with Gasteiger partial charge in [0.2, 0.25) is 0 Å². The molecule has 0 spiro atoms. The van der Waals surface area contributed by atoms with Gasteiger partial charge in [-0.2, -0.15) is 0 Å². The summed E-state index contributed by atoms with van der Waals surface area (Å²) in [7, 11) is 0. The Morgan fingerprint density at radius 2 is 2.10 bits per heavy atom. The number of aromatic nitrogens is 1. The normalized spacial score (nSPS) is 15.3. The summed E-state index contributed by atoms with van der Waals surface area (Å²) in [6.07, 6.45) is 4.41. The quantitative estimate of drug-likeness (QED) is 0.808. The van der Waals surface area contributed by atoms with E-state index in [-0.39, 0.29) is 5.56 Å². The molecule has 4 nitrogen and oxygen atoms in total. The predicted octanol–water partition coefficient (Wildman–Crippen LogP) is 1.88. The Kier molecular flexibility index (Phi) is 5.38. The Labute approximate surface area is 121 Å². The molecule has 1 aromatic rings. The van der Waals surface area contributed by atoms with Crippen molar-refractivity contribution < 1.29 is 0 Å². The van der Waals surface area contributed by atoms with Crippen molar-refractivity contribution in [2.45, 2.75) is 59.2 Å². The number of hydrogen-bond acceptors (Lipinski definition) is 3. The van der Waals surface area contributed by atoms with E-state index in [4.69, 9.17) is 5.73 Å². The Bertz CT molecular complexity index is 507. The Morgan fingerprint density at radius 3 is 2.75 bits per heavy atom. The summed E-state index contributed by atoms with van der Waals surface area (Å²) in [4.78, 5) is 14.9. The summed E-state index contributed by atoms with van der Waals surface area (Å²) in [5, 5.41) is 0. The maximum atomic E-state index is 12.5. The lowest BCUT2D eigenvalue weighted by Crippen LogP contribution is -2.37. The van der Waals surface area contributed by atoms with Crippen LogP contribution in [0.5, 0.6) is 0 Å². The summed E-state index contributed by atoms with van der Waals surface area (Å²) < 4.78 is 2.00. The van der Waals surface area contributed by atoms with Crippen molar-refractivity contribution in [1.29, 1.82) is 0 Å². The third-order valence-electron chi connectivity index (χ3n) is 4.28. The van der Waals surface area contributed by atoms with E-state index < -0.39 is 0 Å². The first-order chi connectivity index (χ1) is 9.71. The highest BCUT2D eigenvalue weighted by atomic mass is 16.1. The lowest BCUT2D eigenvalue weighted by molar-refractivity contribution is 0.261. The Morgan fingerprint density at radius 1 is 1.30 bits per heavy atom. The minimum atomic E-state index is 0.132. The fourth-order valence-electron chi connectivity index (χ4n) is 3.01. The van der Waals surface area contributed by atoms with Gasteiger partial charge in [-0.25, -0.2) is 0 Å². The minimum absolute atomic E-state index is 0.132. The van der Waals surface area contributed by atoms with Crippen LogP contribution in [0.1, 0.15) is 49.9 Å². The first-order valence-electron chi connectivity index (χ1n) is 7.88. The second-order valence-corrected chi connectivity index (χ2v) is 5.63. The van der Waals surface area contributed by atoms with Crippen molar-refractivity contribution in [3.05, 3.63) is 33.2 Å². The summed E-state index contributed by atoms with van der Waals surface area (Å²) in [6.45, 7) is 8.62. The van der Waals surface area contributed by atoms with Gasteiger partial charge in [-0.1, -0.05) is 26.7 Å². The molecule has 0 radical (unpaired) electrons. The van der Waals surface area contributed by atoms with Gasteiger partial charge in [-0.3, -0.25) is 9.69 Å². The number of pyridine rings is 1. The number of fused-ring (bicyclic) bond motifs is 1. The van der Waals surface area contributed by atoms with Gasteiger partial charge >= 0.3 is 0 Å². The van der Waals surface area contributed by atoms with Crippen LogP contribution in [0.2, 0.25) is 0 Å². The highest BCUT2D eigenvalue weighted by Gasteiger charge is 2.20. The molecule has 0 saturated heterocycles. The van der Waals surface area contributed by atoms with E-state index in [0.717, 1.165) is 44.6 Å². The first kappa shape index (κ1) is 15.3. The number of likely N-dealkylation sites (N-methyl/N-ethyl adjacent to an activating group) is 1. The molecule has 1 aromatic heterocycles. The molecule has 20 heavy (non-hydrogen) atoms. The second-order valence-electron chi connectivity index (χ2n) is 5.63. The summed E-state index contributed by atoms with van der Waals surface area (Å²) in [5.74, 6) is 0. The van der Waals surface area contributed by atoms with Crippen molar-refractivity contribution in [2.24, 2.45) is 5.73 Å². The van der Waals surface area contributed by atoms with Crippen LogP contribution in [-0.4, -0.2) is 22.6 Å². The smallest absolute Gasteiger partial charge is 0.255 e. The number of nitrogens with zero attached hydrogens (tertiary/aromatic N) is 2. The fourth-order valence-corrected chi connectivity index (χ4v) is 3.01. The lowest BCUT2D eigenvalue weighted by atomic mass is 10.0. The number of unbranched alkanes of at least 4 members (excludes halogenated alkanes) is 2. The van der Waals surface area contributed by atoms with Gasteiger partial charge in [-0.15, -0.1) is 0 Å². The standard InChI is InChI=1S/C16H27N3O/c1-3-5-6-8-19-15-7-9-18(4-2)12-14(15)10-13(11-17)16(19)20/h10H,3-9,11-12,17H2,1-2H3. The number of hydrogen-bond donors (Lipinski definition) is 1. The zero-order valence-corrected chi connectivity index (χ0v) is 12.8. The molecule has 2 heterocycles. The van der Waals surface area contributed by atoms with E-state index in [1.807, 2.05) is 10.6 Å². The van der Waals surface area contributed by atoms with Gasteiger partial charge in [0, 0.05) is 43.9 Å². The molecule has 0 aromatic carbocycles. The van der Waals surface area contributed by atoms with Crippen molar-refractivity contribution in [3.63, 3.8) is 0 Å². The first-order valence-corrected chi connectivity index (χ1v) is 7.88. The van der Waals surface area contributed by atoms with Gasteiger partial charge in [0.15, 0.2) is 0 Å². The van der Waals surface area contributed by atoms with Gasteiger partial charge in [0.05, 0.1) is 0 Å². The molecule has 0 aliphatic carbocycles. The van der Waals surface area contributed by atoms with Crippen molar-refractivity contribution in [3.8, 4) is 0 Å². The molecule has 0 bridgehead atoms. The van der Waals surface area contributed by atoms with E-state index in [1.165, 1.54) is 24.1 Å². The van der Waals surface area contributed by atoms with E-state index in [2.05, 4.69) is 18.7 Å². The van der Waals surface area contributed by atoms with Crippen LogP contribution < -0.4 is 11.3 Å². The van der Waals surface area contributed by atoms with Crippen LogP contribution in [0.15, 0.2) is 10.9 Å².